The summed E-state index contributed by atoms with van der Waals surface area (Å²) in [6.07, 6.45) is -0.231. The van der Waals surface area contributed by atoms with E-state index in [1.807, 2.05) is 72.6 Å². The number of furan rings is 1. The highest BCUT2D eigenvalue weighted by Gasteiger charge is 2.26. The molecule has 1 unspecified atom stereocenters. The fourth-order valence-corrected chi connectivity index (χ4v) is 3.65. The predicted molar refractivity (Wildman–Crippen MR) is 110 cm³/mol. The Morgan fingerprint density at radius 2 is 1.63 bits per heavy atom. The van der Waals surface area contributed by atoms with E-state index < -0.39 is 0 Å². The van der Waals surface area contributed by atoms with Gasteiger partial charge in [0.1, 0.15) is 11.2 Å². The van der Waals surface area contributed by atoms with E-state index in [9.17, 15) is 0 Å². The van der Waals surface area contributed by atoms with Crippen LogP contribution >= 0.6 is 11.6 Å². The van der Waals surface area contributed by atoms with Gasteiger partial charge in [-0.3, -0.25) is 0 Å². The molecule has 0 fully saturated rings. The summed E-state index contributed by atoms with van der Waals surface area (Å²) in [4.78, 5) is 11.3. The van der Waals surface area contributed by atoms with Gasteiger partial charge in [0, 0.05) is 17.8 Å². The Balaban J connectivity index is 1.71. The zero-order chi connectivity index (χ0) is 18.4. The van der Waals surface area contributed by atoms with Gasteiger partial charge in [-0.05, 0) is 29.3 Å². The van der Waals surface area contributed by atoms with E-state index in [-0.39, 0.29) is 6.17 Å². The van der Waals surface area contributed by atoms with Crippen LogP contribution in [0.3, 0.4) is 0 Å². The third-order valence-electron chi connectivity index (χ3n) is 4.84. The molecule has 0 radical (unpaired) electrons. The van der Waals surface area contributed by atoms with E-state index in [2.05, 4.69) is 17.1 Å². The average molecular weight is 374 g/mol. The van der Waals surface area contributed by atoms with E-state index >= 15 is 0 Å². The molecule has 4 aromatic rings. The quantitative estimate of drug-likeness (QED) is 0.431. The molecule has 132 valence electrons. The molecule has 0 amide bonds. The SMILES string of the molecule is CN1C(Cl)=NC(c2cccc3c2oc2ccccc23)=NC1c1ccccc1. The highest BCUT2D eigenvalue weighted by atomic mass is 35.5. The van der Waals surface area contributed by atoms with Gasteiger partial charge in [-0.2, -0.15) is 4.99 Å². The second-order valence-electron chi connectivity index (χ2n) is 6.51. The van der Waals surface area contributed by atoms with Crippen LogP contribution in [-0.2, 0) is 0 Å². The molecule has 0 aliphatic carbocycles. The van der Waals surface area contributed by atoms with Crippen LogP contribution in [-0.4, -0.2) is 23.1 Å². The maximum atomic E-state index is 6.45. The first-order valence-corrected chi connectivity index (χ1v) is 9.10. The molecule has 1 aliphatic heterocycles. The molecule has 0 saturated carbocycles. The van der Waals surface area contributed by atoms with E-state index in [4.69, 9.17) is 21.0 Å². The number of nitrogens with zero attached hydrogens (tertiary/aromatic N) is 3. The van der Waals surface area contributed by atoms with Gasteiger partial charge in [0.25, 0.3) is 0 Å². The summed E-state index contributed by atoms with van der Waals surface area (Å²) in [7, 11) is 1.89. The molecular weight excluding hydrogens is 358 g/mol. The molecule has 0 spiro atoms. The Hall–Kier alpha value is -3.11. The number of hydrogen-bond donors (Lipinski definition) is 0. The third-order valence-corrected chi connectivity index (χ3v) is 5.19. The van der Waals surface area contributed by atoms with Crippen LogP contribution in [0.5, 0.6) is 0 Å². The molecule has 0 saturated heterocycles. The molecule has 2 heterocycles. The lowest BCUT2D eigenvalue weighted by Crippen LogP contribution is -2.31. The second kappa shape index (κ2) is 6.25. The summed E-state index contributed by atoms with van der Waals surface area (Å²) in [6, 6.07) is 24.1. The fraction of sp³-hybridized carbons (Fsp3) is 0.0909. The van der Waals surface area contributed by atoms with Gasteiger partial charge in [-0.25, -0.2) is 4.99 Å². The second-order valence-corrected chi connectivity index (χ2v) is 6.85. The number of para-hydroxylation sites is 2. The van der Waals surface area contributed by atoms with Crippen molar-refractivity contribution in [3.8, 4) is 0 Å². The molecule has 3 aromatic carbocycles. The van der Waals surface area contributed by atoms with Crippen LogP contribution in [0.15, 0.2) is 87.2 Å². The Labute approximate surface area is 161 Å². The van der Waals surface area contributed by atoms with Gasteiger partial charge in [0.05, 0.1) is 5.56 Å². The van der Waals surface area contributed by atoms with Gasteiger partial charge in [0.15, 0.2) is 12.0 Å². The molecule has 1 atom stereocenters. The number of amidine groups is 2. The summed E-state index contributed by atoms with van der Waals surface area (Å²) in [5.41, 5.74) is 3.53. The topological polar surface area (TPSA) is 41.1 Å². The standard InChI is InChI=1S/C22H16ClN3O/c1-26-21(14-8-3-2-4-9-14)24-20(25-22(26)23)17-12-7-11-16-15-10-5-6-13-18(15)27-19(16)17/h2-13,21H,1H3. The van der Waals surface area contributed by atoms with E-state index in [1.165, 1.54) is 0 Å². The van der Waals surface area contributed by atoms with Crippen LogP contribution in [0.4, 0.5) is 0 Å². The molecule has 4 nitrogen and oxygen atoms in total. The first-order chi connectivity index (χ1) is 13.2. The zero-order valence-electron chi connectivity index (χ0n) is 14.6. The van der Waals surface area contributed by atoms with Gasteiger partial charge in [0.2, 0.25) is 5.29 Å². The number of halogens is 1. The van der Waals surface area contributed by atoms with Gasteiger partial charge in [-0.15, -0.1) is 0 Å². The lowest BCUT2D eigenvalue weighted by molar-refractivity contribution is 0.388. The average Bonchev–Trinajstić information content (AvgIpc) is 3.09. The van der Waals surface area contributed by atoms with Gasteiger partial charge < -0.3 is 9.32 Å². The maximum Gasteiger partial charge on any atom is 0.202 e. The van der Waals surface area contributed by atoms with Crippen molar-refractivity contribution in [2.75, 3.05) is 7.05 Å². The van der Waals surface area contributed by atoms with Gasteiger partial charge >= 0.3 is 0 Å². The summed E-state index contributed by atoms with van der Waals surface area (Å²) in [5.74, 6) is 0.580. The summed E-state index contributed by atoms with van der Waals surface area (Å²) < 4.78 is 6.13. The van der Waals surface area contributed by atoms with Crippen LogP contribution in [0.2, 0.25) is 0 Å². The van der Waals surface area contributed by atoms with Crippen LogP contribution < -0.4 is 0 Å². The zero-order valence-corrected chi connectivity index (χ0v) is 15.4. The molecule has 27 heavy (non-hydrogen) atoms. The van der Waals surface area contributed by atoms with Crippen molar-refractivity contribution in [2.45, 2.75) is 6.17 Å². The molecule has 1 aliphatic rings. The molecule has 5 rings (SSSR count). The lowest BCUT2D eigenvalue weighted by Gasteiger charge is -2.29. The van der Waals surface area contributed by atoms with Crippen molar-refractivity contribution >= 4 is 44.7 Å². The normalized spacial score (nSPS) is 17.3. The largest absolute Gasteiger partial charge is 0.455 e. The Morgan fingerprint density at radius 1 is 0.889 bits per heavy atom. The summed E-state index contributed by atoms with van der Waals surface area (Å²) in [6.45, 7) is 0. The van der Waals surface area contributed by atoms with Crippen molar-refractivity contribution in [2.24, 2.45) is 9.98 Å². The van der Waals surface area contributed by atoms with E-state index in [1.54, 1.807) is 0 Å². The van der Waals surface area contributed by atoms with Crippen LogP contribution in [0.1, 0.15) is 17.3 Å². The minimum atomic E-state index is -0.231. The first kappa shape index (κ1) is 16.1. The molecule has 5 heteroatoms. The number of rotatable bonds is 2. The summed E-state index contributed by atoms with van der Waals surface area (Å²) in [5, 5.41) is 2.53. The first-order valence-electron chi connectivity index (χ1n) is 8.73. The van der Waals surface area contributed by atoms with Crippen molar-refractivity contribution in [3.63, 3.8) is 0 Å². The minimum absolute atomic E-state index is 0.231. The summed E-state index contributed by atoms with van der Waals surface area (Å²) >= 11 is 6.45. The van der Waals surface area contributed by atoms with Gasteiger partial charge in [-0.1, -0.05) is 60.7 Å². The molecular formula is C22H16ClN3O. The Bertz CT molecular complexity index is 1210. The monoisotopic (exact) mass is 373 g/mol. The van der Waals surface area contributed by atoms with Crippen molar-refractivity contribution in [1.29, 1.82) is 0 Å². The minimum Gasteiger partial charge on any atom is -0.455 e. The molecule has 0 bridgehead atoms. The number of benzene rings is 3. The highest BCUT2D eigenvalue weighted by molar-refractivity contribution is 6.65. The highest BCUT2D eigenvalue weighted by Crippen LogP contribution is 2.33. The van der Waals surface area contributed by atoms with E-state index in [0.717, 1.165) is 33.1 Å². The Morgan fingerprint density at radius 3 is 2.48 bits per heavy atom. The number of aliphatic imine (C=N–C) groups is 2. The predicted octanol–water partition coefficient (Wildman–Crippen LogP) is 5.57. The van der Waals surface area contributed by atoms with E-state index in [0.29, 0.717) is 11.1 Å². The third kappa shape index (κ3) is 2.61. The smallest absolute Gasteiger partial charge is 0.202 e. The molecule has 0 N–H and O–H groups in total. The maximum absolute atomic E-state index is 6.45. The van der Waals surface area contributed by atoms with Crippen molar-refractivity contribution in [3.05, 3.63) is 83.9 Å². The lowest BCUT2D eigenvalue weighted by atomic mass is 10.1. The van der Waals surface area contributed by atoms with Crippen molar-refractivity contribution < 1.29 is 4.42 Å². The van der Waals surface area contributed by atoms with Crippen molar-refractivity contribution in [1.82, 2.24) is 4.90 Å². The number of hydrogen-bond acceptors (Lipinski definition) is 4. The molecule has 1 aromatic heterocycles. The fourth-order valence-electron chi connectivity index (χ4n) is 3.47. The van der Waals surface area contributed by atoms with Crippen LogP contribution in [0, 0.1) is 0 Å². The van der Waals surface area contributed by atoms with Crippen LogP contribution in [0.25, 0.3) is 21.9 Å². The Kier molecular flexibility index (Phi) is 3.73. The number of fused-ring (bicyclic) bond motifs is 3.